The highest BCUT2D eigenvalue weighted by Gasteiger charge is 2.17. The van der Waals surface area contributed by atoms with Gasteiger partial charge in [0, 0.05) is 5.33 Å². The monoisotopic (exact) mass is 275 g/mol. The second kappa shape index (κ2) is 7.67. The third kappa shape index (κ3) is 5.35. The van der Waals surface area contributed by atoms with Gasteiger partial charge in [-0.05, 0) is 57.2 Å². The molecule has 0 aromatic carbocycles. The third-order valence-electron chi connectivity index (χ3n) is 3.82. The second-order valence-electron chi connectivity index (χ2n) is 5.06. The SMILES string of the molecule is CCC1CCN(CCC(C)CCBr)CC1. The van der Waals surface area contributed by atoms with Crippen LogP contribution in [-0.4, -0.2) is 29.9 Å². The number of piperidine rings is 1. The summed E-state index contributed by atoms with van der Waals surface area (Å²) in [6.45, 7) is 8.72. The first-order valence-corrected chi connectivity index (χ1v) is 7.66. The van der Waals surface area contributed by atoms with Crippen LogP contribution in [0.2, 0.25) is 0 Å². The molecule has 0 radical (unpaired) electrons. The molecule has 1 heterocycles. The minimum Gasteiger partial charge on any atom is -0.303 e. The molecule has 15 heavy (non-hydrogen) atoms. The molecule has 1 rings (SSSR count). The van der Waals surface area contributed by atoms with Crippen molar-refractivity contribution in [2.24, 2.45) is 11.8 Å². The lowest BCUT2D eigenvalue weighted by atomic mass is 9.94. The summed E-state index contributed by atoms with van der Waals surface area (Å²) in [5.74, 6) is 1.90. The van der Waals surface area contributed by atoms with Crippen molar-refractivity contribution in [1.82, 2.24) is 4.90 Å². The number of halogens is 1. The molecule has 0 aromatic heterocycles. The van der Waals surface area contributed by atoms with E-state index in [1.807, 2.05) is 0 Å². The van der Waals surface area contributed by atoms with E-state index < -0.39 is 0 Å². The van der Waals surface area contributed by atoms with Crippen LogP contribution in [0.1, 0.15) is 46.0 Å². The van der Waals surface area contributed by atoms with Gasteiger partial charge >= 0.3 is 0 Å². The van der Waals surface area contributed by atoms with Crippen LogP contribution in [0.15, 0.2) is 0 Å². The van der Waals surface area contributed by atoms with Crippen molar-refractivity contribution in [3.8, 4) is 0 Å². The first kappa shape index (κ1) is 13.5. The van der Waals surface area contributed by atoms with Gasteiger partial charge in [-0.3, -0.25) is 0 Å². The average Bonchev–Trinajstić information content (AvgIpc) is 2.27. The first-order valence-electron chi connectivity index (χ1n) is 6.54. The Balaban J connectivity index is 2.08. The summed E-state index contributed by atoms with van der Waals surface area (Å²) in [5.41, 5.74) is 0. The van der Waals surface area contributed by atoms with Gasteiger partial charge in [-0.1, -0.05) is 36.2 Å². The molecule has 0 aromatic rings. The molecule has 1 aliphatic rings. The Morgan fingerprint density at radius 1 is 1.27 bits per heavy atom. The van der Waals surface area contributed by atoms with Gasteiger partial charge in [0.2, 0.25) is 0 Å². The number of likely N-dealkylation sites (tertiary alicyclic amines) is 1. The fraction of sp³-hybridized carbons (Fsp3) is 1.00. The summed E-state index contributed by atoms with van der Waals surface area (Å²) in [5, 5.41) is 1.16. The Hall–Kier alpha value is 0.440. The predicted octanol–water partition coefficient (Wildman–Crippen LogP) is 3.92. The zero-order chi connectivity index (χ0) is 11.1. The van der Waals surface area contributed by atoms with E-state index in [4.69, 9.17) is 0 Å². The van der Waals surface area contributed by atoms with Crippen LogP contribution in [0, 0.1) is 11.8 Å². The Kier molecular flexibility index (Phi) is 6.91. The quantitative estimate of drug-likeness (QED) is 0.665. The number of alkyl halides is 1. The van der Waals surface area contributed by atoms with Crippen LogP contribution >= 0.6 is 15.9 Å². The molecule has 0 bridgehead atoms. The predicted molar refractivity (Wildman–Crippen MR) is 71.6 cm³/mol. The normalized spacial score (nSPS) is 21.8. The Labute approximate surface area is 104 Å². The molecule has 2 heteroatoms. The van der Waals surface area contributed by atoms with Crippen molar-refractivity contribution >= 4 is 15.9 Å². The van der Waals surface area contributed by atoms with E-state index in [-0.39, 0.29) is 0 Å². The minimum absolute atomic E-state index is 0.883. The zero-order valence-electron chi connectivity index (χ0n) is 10.3. The van der Waals surface area contributed by atoms with Crippen LogP contribution in [0.5, 0.6) is 0 Å². The van der Waals surface area contributed by atoms with Crippen LogP contribution in [0.3, 0.4) is 0 Å². The van der Waals surface area contributed by atoms with Gasteiger partial charge in [-0.25, -0.2) is 0 Å². The summed E-state index contributed by atoms with van der Waals surface area (Å²) in [6, 6.07) is 0. The molecule has 1 atom stereocenters. The molecule has 1 aliphatic heterocycles. The number of hydrogen-bond acceptors (Lipinski definition) is 1. The first-order chi connectivity index (χ1) is 7.26. The second-order valence-corrected chi connectivity index (χ2v) is 5.86. The third-order valence-corrected chi connectivity index (χ3v) is 4.28. The van der Waals surface area contributed by atoms with Crippen LogP contribution in [0.4, 0.5) is 0 Å². The summed E-state index contributed by atoms with van der Waals surface area (Å²) in [4.78, 5) is 2.66. The van der Waals surface area contributed by atoms with E-state index in [1.54, 1.807) is 0 Å². The molecule has 0 spiro atoms. The maximum Gasteiger partial charge on any atom is 0.00338 e. The van der Waals surface area contributed by atoms with Crippen molar-refractivity contribution in [3.05, 3.63) is 0 Å². The molecule has 1 nitrogen and oxygen atoms in total. The van der Waals surface area contributed by atoms with Crippen molar-refractivity contribution in [2.45, 2.75) is 46.0 Å². The lowest BCUT2D eigenvalue weighted by Crippen LogP contribution is -2.34. The fourth-order valence-electron chi connectivity index (χ4n) is 2.35. The topological polar surface area (TPSA) is 3.24 Å². The maximum absolute atomic E-state index is 3.52. The van der Waals surface area contributed by atoms with Gasteiger partial charge in [0.05, 0.1) is 0 Å². The lowest BCUT2D eigenvalue weighted by Gasteiger charge is -2.32. The molecule has 90 valence electrons. The fourth-order valence-corrected chi connectivity index (χ4v) is 3.13. The van der Waals surface area contributed by atoms with E-state index in [1.165, 1.54) is 51.7 Å². The molecule has 1 saturated heterocycles. The molecule has 1 unspecified atom stereocenters. The summed E-state index contributed by atoms with van der Waals surface area (Å²) < 4.78 is 0. The summed E-state index contributed by atoms with van der Waals surface area (Å²) in [6.07, 6.45) is 6.95. The standard InChI is InChI=1S/C13H26BrN/c1-3-13-6-10-15(11-7-13)9-5-12(2)4-8-14/h12-13H,3-11H2,1-2H3. The highest BCUT2D eigenvalue weighted by Crippen LogP contribution is 2.20. The number of hydrogen-bond donors (Lipinski definition) is 0. The van der Waals surface area contributed by atoms with E-state index in [0.29, 0.717) is 0 Å². The van der Waals surface area contributed by atoms with Gasteiger partial charge in [0.25, 0.3) is 0 Å². The molecular formula is C13H26BrN. The van der Waals surface area contributed by atoms with Crippen molar-refractivity contribution in [2.75, 3.05) is 25.0 Å². The van der Waals surface area contributed by atoms with Gasteiger partial charge in [0.1, 0.15) is 0 Å². The smallest absolute Gasteiger partial charge is 0.00338 e. The minimum atomic E-state index is 0.883. The summed E-state index contributed by atoms with van der Waals surface area (Å²) >= 11 is 3.52. The van der Waals surface area contributed by atoms with Crippen molar-refractivity contribution in [1.29, 1.82) is 0 Å². The van der Waals surface area contributed by atoms with Crippen molar-refractivity contribution in [3.63, 3.8) is 0 Å². The number of nitrogens with zero attached hydrogens (tertiary/aromatic N) is 1. The van der Waals surface area contributed by atoms with E-state index in [2.05, 4.69) is 34.7 Å². The Morgan fingerprint density at radius 3 is 2.47 bits per heavy atom. The molecule has 0 amide bonds. The Morgan fingerprint density at radius 2 is 1.93 bits per heavy atom. The van der Waals surface area contributed by atoms with Gasteiger partial charge in [-0.2, -0.15) is 0 Å². The van der Waals surface area contributed by atoms with Crippen LogP contribution in [-0.2, 0) is 0 Å². The molecular weight excluding hydrogens is 250 g/mol. The zero-order valence-corrected chi connectivity index (χ0v) is 11.9. The van der Waals surface area contributed by atoms with Crippen LogP contribution in [0.25, 0.3) is 0 Å². The van der Waals surface area contributed by atoms with Gasteiger partial charge < -0.3 is 4.90 Å². The van der Waals surface area contributed by atoms with Gasteiger partial charge in [-0.15, -0.1) is 0 Å². The Bertz CT molecular complexity index is 153. The average molecular weight is 276 g/mol. The van der Waals surface area contributed by atoms with Gasteiger partial charge in [0.15, 0.2) is 0 Å². The highest BCUT2D eigenvalue weighted by atomic mass is 79.9. The molecule has 0 saturated carbocycles. The highest BCUT2D eigenvalue weighted by molar-refractivity contribution is 9.09. The van der Waals surface area contributed by atoms with Crippen LogP contribution < -0.4 is 0 Å². The molecule has 1 fully saturated rings. The largest absolute Gasteiger partial charge is 0.303 e. The molecule has 0 N–H and O–H groups in total. The molecule has 0 aliphatic carbocycles. The van der Waals surface area contributed by atoms with Crippen molar-refractivity contribution < 1.29 is 0 Å². The lowest BCUT2D eigenvalue weighted by molar-refractivity contribution is 0.173. The summed E-state index contributed by atoms with van der Waals surface area (Å²) in [7, 11) is 0. The number of rotatable bonds is 6. The van der Waals surface area contributed by atoms with E-state index in [0.717, 1.165) is 17.2 Å². The maximum atomic E-state index is 3.52. The van der Waals surface area contributed by atoms with E-state index >= 15 is 0 Å². The van der Waals surface area contributed by atoms with E-state index in [9.17, 15) is 0 Å².